The summed E-state index contributed by atoms with van der Waals surface area (Å²) in [6, 6.07) is 5.07. The van der Waals surface area contributed by atoms with Crippen molar-refractivity contribution in [1.82, 2.24) is 0 Å². The molecule has 0 aliphatic carbocycles. The van der Waals surface area contributed by atoms with Crippen LogP contribution in [0.4, 0.5) is 11.4 Å². The number of aliphatic hydroxyl groups excluding tert-OH is 1. The summed E-state index contributed by atoms with van der Waals surface area (Å²) in [6.45, 7) is 5.25. The van der Waals surface area contributed by atoms with Crippen LogP contribution in [0.5, 0.6) is 0 Å². The highest BCUT2D eigenvalue weighted by molar-refractivity contribution is 5.56. The topological polar surface area (TPSA) is 66.6 Å². The Kier molecular flexibility index (Phi) is 3.52. The summed E-state index contributed by atoms with van der Waals surface area (Å²) in [5.41, 5.74) is 1.80. The van der Waals surface area contributed by atoms with Crippen LogP contribution in [0.25, 0.3) is 0 Å². The molecule has 0 radical (unpaired) electrons. The van der Waals surface area contributed by atoms with Crippen molar-refractivity contribution >= 4 is 11.4 Å². The van der Waals surface area contributed by atoms with Crippen LogP contribution in [0.2, 0.25) is 0 Å². The summed E-state index contributed by atoms with van der Waals surface area (Å²) in [5, 5.41) is 20.7. The average Bonchev–Trinajstić information content (AvgIpc) is 2.31. The summed E-state index contributed by atoms with van der Waals surface area (Å²) in [5.74, 6) is 0.293. The van der Waals surface area contributed by atoms with Crippen molar-refractivity contribution in [3.05, 3.63) is 33.9 Å². The van der Waals surface area contributed by atoms with Gasteiger partial charge in [0, 0.05) is 30.9 Å². The third kappa shape index (κ3) is 2.61. The quantitative estimate of drug-likeness (QED) is 0.645. The van der Waals surface area contributed by atoms with Gasteiger partial charge in [-0.2, -0.15) is 0 Å². The van der Waals surface area contributed by atoms with E-state index >= 15 is 0 Å². The van der Waals surface area contributed by atoms with Gasteiger partial charge in [0.15, 0.2) is 0 Å². The minimum absolute atomic E-state index is 0.109. The van der Waals surface area contributed by atoms with E-state index in [2.05, 4.69) is 0 Å². The second-order valence-corrected chi connectivity index (χ2v) is 5.06. The fraction of sp³-hybridized carbons (Fsp3) is 0.538. The maximum Gasteiger partial charge on any atom is 0.271 e. The maximum atomic E-state index is 10.8. The number of non-ortho nitro benzene ring substituents is 1. The number of rotatable bonds is 2. The number of aryl methyl sites for hydroxylation is 1. The molecule has 0 spiro atoms. The van der Waals surface area contributed by atoms with E-state index in [1.54, 1.807) is 12.1 Å². The third-order valence-corrected chi connectivity index (χ3v) is 3.54. The first-order valence-corrected chi connectivity index (χ1v) is 6.16. The normalized spacial score (nSPS) is 24.1. The molecule has 5 nitrogen and oxygen atoms in total. The largest absolute Gasteiger partial charge is 0.391 e. The lowest BCUT2D eigenvalue weighted by molar-refractivity contribution is -0.384. The van der Waals surface area contributed by atoms with E-state index in [9.17, 15) is 15.2 Å². The van der Waals surface area contributed by atoms with Crippen molar-refractivity contribution in [2.24, 2.45) is 5.92 Å². The Hall–Kier alpha value is -1.62. The van der Waals surface area contributed by atoms with Gasteiger partial charge in [-0.1, -0.05) is 6.92 Å². The van der Waals surface area contributed by atoms with Gasteiger partial charge in [-0.25, -0.2) is 0 Å². The first kappa shape index (κ1) is 12.8. The van der Waals surface area contributed by atoms with E-state index in [0.29, 0.717) is 12.5 Å². The molecular weight excluding hydrogens is 232 g/mol. The molecule has 1 heterocycles. The Bertz CT molecular complexity index is 462. The highest BCUT2D eigenvalue weighted by Gasteiger charge is 2.25. The number of benzene rings is 1. The first-order chi connectivity index (χ1) is 8.47. The Morgan fingerprint density at radius 3 is 2.78 bits per heavy atom. The predicted molar refractivity (Wildman–Crippen MR) is 69.8 cm³/mol. The SMILES string of the molecule is Cc1cc(N2CCC(C)C(O)C2)cc([N+](=O)[O-])c1. The van der Waals surface area contributed by atoms with Gasteiger partial charge in [-0.15, -0.1) is 0 Å². The van der Waals surface area contributed by atoms with Gasteiger partial charge < -0.3 is 10.0 Å². The number of hydrogen-bond donors (Lipinski definition) is 1. The zero-order chi connectivity index (χ0) is 13.3. The number of anilines is 1. The molecule has 1 N–H and O–H groups in total. The molecule has 0 saturated carbocycles. The molecule has 1 aliphatic rings. The Morgan fingerprint density at radius 2 is 2.17 bits per heavy atom. The highest BCUT2D eigenvalue weighted by atomic mass is 16.6. The number of aliphatic hydroxyl groups is 1. The second kappa shape index (κ2) is 4.94. The zero-order valence-electron chi connectivity index (χ0n) is 10.7. The fourth-order valence-electron chi connectivity index (χ4n) is 2.31. The van der Waals surface area contributed by atoms with Crippen LogP contribution < -0.4 is 4.90 Å². The molecule has 1 aromatic carbocycles. The summed E-state index contributed by atoms with van der Waals surface area (Å²) in [6.07, 6.45) is 0.543. The maximum absolute atomic E-state index is 10.8. The molecule has 1 saturated heterocycles. The van der Waals surface area contributed by atoms with Gasteiger partial charge in [-0.05, 0) is 30.9 Å². The molecule has 2 atom stereocenters. The standard InChI is InChI=1S/C13H18N2O3/c1-9-5-11(7-12(6-9)15(17)18)14-4-3-10(2)13(16)8-14/h5-7,10,13,16H,3-4,8H2,1-2H3. The predicted octanol–water partition coefficient (Wildman–Crippen LogP) is 2.11. The van der Waals surface area contributed by atoms with Gasteiger partial charge in [0.1, 0.15) is 0 Å². The van der Waals surface area contributed by atoms with Crippen LogP contribution >= 0.6 is 0 Å². The minimum atomic E-state index is -0.375. The first-order valence-electron chi connectivity index (χ1n) is 6.16. The van der Waals surface area contributed by atoms with Gasteiger partial charge in [0.2, 0.25) is 0 Å². The lowest BCUT2D eigenvalue weighted by atomic mass is 9.95. The molecule has 18 heavy (non-hydrogen) atoms. The van der Waals surface area contributed by atoms with E-state index in [4.69, 9.17) is 0 Å². The fourth-order valence-corrected chi connectivity index (χ4v) is 2.31. The molecule has 1 aromatic rings. The van der Waals surface area contributed by atoms with Crippen LogP contribution in [0.1, 0.15) is 18.9 Å². The van der Waals surface area contributed by atoms with Crippen molar-refractivity contribution in [2.45, 2.75) is 26.4 Å². The number of β-amino-alcohol motifs (C(OH)–C–C–N with tert-alkyl or cyclic N) is 1. The minimum Gasteiger partial charge on any atom is -0.391 e. The van der Waals surface area contributed by atoms with Gasteiger partial charge in [-0.3, -0.25) is 10.1 Å². The summed E-state index contributed by atoms with van der Waals surface area (Å²) >= 11 is 0. The Balaban J connectivity index is 2.25. The molecule has 0 aromatic heterocycles. The van der Waals surface area contributed by atoms with Crippen molar-refractivity contribution in [3.63, 3.8) is 0 Å². The number of piperidine rings is 1. The number of nitro benzene ring substituents is 1. The molecule has 2 unspecified atom stereocenters. The second-order valence-electron chi connectivity index (χ2n) is 5.06. The van der Waals surface area contributed by atoms with Crippen molar-refractivity contribution in [1.29, 1.82) is 0 Å². The molecule has 98 valence electrons. The third-order valence-electron chi connectivity index (χ3n) is 3.54. The van der Waals surface area contributed by atoms with E-state index in [1.807, 2.05) is 24.8 Å². The summed E-state index contributed by atoms with van der Waals surface area (Å²) < 4.78 is 0. The van der Waals surface area contributed by atoms with Gasteiger partial charge in [0.05, 0.1) is 11.0 Å². The molecule has 1 aliphatic heterocycles. The van der Waals surface area contributed by atoms with E-state index < -0.39 is 0 Å². The number of hydrogen-bond acceptors (Lipinski definition) is 4. The molecule has 2 rings (SSSR count). The van der Waals surface area contributed by atoms with Gasteiger partial charge in [0.25, 0.3) is 5.69 Å². The summed E-state index contributed by atoms with van der Waals surface area (Å²) in [7, 11) is 0. The van der Waals surface area contributed by atoms with Crippen molar-refractivity contribution in [3.8, 4) is 0 Å². The van der Waals surface area contributed by atoms with E-state index in [0.717, 1.165) is 24.2 Å². The smallest absolute Gasteiger partial charge is 0.271 e. The van der Waals surface area contributed by atoms with E-state index in [-0.39, 0.29) is 16.7 Å². The van der Waals surface area contributed by atoms with Crippen LogP contribution in [-0.2, 0) is 0 Å². The van der Waals surface area contributed by atoms with Crippen LogP contribution in [-0.4, -0.2) is 29.2 Å². The lowest BCUT2D eigenvalue weighted by Crippen LogP contribution is -2.42. The van der Waals surface area contributed by atoms with Crippen LogP contribution in [0.15, 0.2) is 18.2 Å². The van der Waals surface area contributed by atoms with Crippen molar-refractivity contribution < 1.29 is 10.0 Å². The molecule has 1 fully saturated rings. The average molecular weight is 250 g/mol. The van der Waals surface area contributed by atoms with Crippen molar-refractivity contribution in [2.75, 3.05) is 18.0 Å². The zero-order valence-corrected chi connectivity index (χ0v) is 10.7. The van der Waals surface area contributed by atoms with Crippen LogP contribution in [0, 0.1) is 23.0 Å². The molecule has 0 amide bonds. The molecular formula is C13H18N2O3. The molecule has 0 bridgehead atoms. The van der Waals surface area contributed by atoms with Gasteiger partial charge >= 0.3 is 0 Å². The Labute approximate surface area is 106 Å². The van der Waals surface area contributed by atoms with E-state index in [1.165, 1.54) is 0 Å². The molecule has 5 heteroatoms. The highest BCUT2D eigenvalue weighted by Crippen LogP contribution is 2.27. The van der Waals surface area contributed by atoms with Crippen LogP contribution in [0.3, 0.4) is 0 Å². The number of nitrogens with zero attached hydrogens (tertiary/aromatic N) is 2. The monoisotopic (exact) mass is 250 g/mol. The summed E-state index contributed by atoms with van der Waals surface area (Å²) in [4.78, 5) is 12.5. The number of nitro groups is 1. The lowest BCUT2D eigenvalue weighted by Gasteiger charge is -2.35. The Morgan fingerprint density at radius 1 is 1.44 bits per heavy atom.